The highest BCUT2D eigenvalue weighted by atomic mass is 35.5. The van der Waals surface area contributed by atoms with Gasteiger partial charge in [0, 0.05) is 6.07 Å². The van der Waals surface area contributed by atoms with Crippen LogP contribution in [-0.2, 0) is 5.41 Å². The molecular formula is C18H18ClNO4. The largest absolute Gasteiger partial charge is 0.423 e. The third-order valence-corrected chi connectivity index (χ3v) is 4.43. The average molecular weight is 348 g/mol. The van der Waals surface area contributed by atoms with Crippen molar-refractivity contribution < 1.29 is 14.5 Å². The van der Waals surface area contributed by atoms with Crippen LogP contribution in [0.25, 0.3) is 0 Å². The van der Waals surface area contributed by atoms with E-state index in [0.29, 0.717) is 5.75 Å². The van der Waals surface area contributed by atoms with Crippen LogP contribution in [0.2, 0.25) is 5.02 Å². The molecule has 2 rings (SSSR count). The van der Waals surface area contributed by atoms with Crippen LogP contribution in [0.1, 0.15) is 43.1 Å². The second kappa shape index (κ2) is 7.01. The van der Waals surface area contributed by atoms with Crippen molar-refractivity contribution >= 4 is 23.3 Å². The van der Waals surface area contributed by atoms with Gasteiger partial charge in [-0.1, -0.05) is 44.5 Å². The van der Waals surface area contributed by atoms with E-state index in [1.807, 2.05) is 12.1 Å². The number of ether oxygens (including phenoxy) is 1. The molecule has 24 heavy (non-hydrogen) atoms. The minimum Gasteiger partial charge on any atom is -0.423 e. The molecule has 0 aromatic heterocycles. The van der Waals surface area contributed by atoms with Gasteiger partial charge in [0.15, 0.2) is 0 Å². The molecule has 0 amide bonds. The summed E-state index contributed by atoms with van der Waals surface area (Å²) in [7, 11) is 0. The molecule has 126 valence electrons. The van der Waals surface area contributed by atoms with Gasteiger partial charge in [-0.3, -0.25) is 10.1 Å². The molecule has 6 heteroatoms. The van der Waals surface area contributed by atoms with E-state index < -0.39 is 10.9 Å². The Kier molecular flexibility index (Phi) is 5.24. The molecule has 0 saturated carbocycles. The van der Waals surface area contributed by atoms with Crippen LogP contribution in [-0.4, -0.2) is 10.9 Å². The van der Waals surface area contributed by atoms with Crippen molar-refractivity contribution in [3.8, 4) is 5.75 Å². The summed E-state index contributed by atoms with van der Waals surface area (Å²) in [5.74, 6) is -0.287. The lowest BCUT2D eigenvalue weighted by molar-refractivity contribution is -0.384. The van der Waals surface area contributed by atoms with E-state index in [9.17, 15) is 14.9 Å². The van der Waals surface area contributed by atoms with Gasteiger partial charge in [0.2, 0.25) is 0 Å². The number of rotatable bonds is 5. The number of carbonyl (C=O) groups is 1. The van der Waals surface area contributed by atoms with Gasteiger partial charge < -0.3 is 4.74 Å². The van der Waals surface area contributed by atoms with Crippen LogP contribution in [0.3, 0.4) is 0 Å². The maximum absolute atomic E-state index is 12.2. The van der Waals surface area contributed by atoms with Gasteiger partial charge in [0.05, 0.1) is 10.5 Å². The van der Waals surface area contributed by atoms with Gasteiger partial charge in [0.1, 0.15) is 10.8 Å². The normalized spacial score (nSPS) is 11.2. The third-order valence-electron chi connectivity index (χ3n) is 4.11. The lowest BCUT2D eigenvalue weighted by Gasteiger charge is -2.23. The molecule has 0 aliphatic rings. The predicted octanol–water partition coefficient (Wildman–Crippen LogP) is 5.16. The number of halogens is 1. The second-order valence-electron chi connectivity index (χ2n) is 6.07. The first-order valence-corrected chi connectivity index (χ1v) is 7.89. The number of esters is 1. The molecule has 2 aromatic carbocycles. The molecular weight excluding hydrogens is 330 g/mol. The highest BCUT2D eigenvalue weighted by Crippen LogP contribution is 2.29. The molecule has 2 aromatic rings. The highest BCUT2D eigenvalue weighted by Gasteiger charge is 2.19. The smallest absolute Gasteiger partial charge is 0.343 e. The quantitative estimate of drug-likeness (QED) is 0.324. The molecule has 0 aliphatic carbocycles. The van der Waals surface area contributed by atoms with Gasteiger partial charge in [-0.2, -0.15) is 0 Å². The predicted molar refractivity (Wildman–Crippen MR) is 92.8 cm³/mol. The number of nitrogens with zero attached hydrogens (tertiary/aromatic N) is 1. The lowest BCUT2D eigenvalue weighted by atomic mass is 9.82. The molecule has 0 radical (unpaired) electrons. The molecule has 0 fully saturated rings. The fraction of sp³-hybridized carbons (Fsp3) is 0.278. The lowest BCUT2D eigenvalue weighted by Crippen LogP contribution is -2.15. The van der Waals surface area contributed by atoms with Crippen LogP contribution in [0.15, 0.2) is 42.5 Å². The van der Waals surface area contributed by atoms with Gasteiger partial charge >= 0.3 is 5.97 Å². The molecule has 0 spiro atoms. The monoisotopic (exact) mass is 347 g/mol. The second-order valence-corrected chi connectivity index (χ2v) is 6.48. The summed E-state index contributed by atoms with van der Waals surface area (Å²) in [6.45, 7) is 6.39. The van der Waals surface area contributed by atoms with Gasteiger partial charge in [0.25, 0.3) is 5.69 Å². The Labute approximate surface area is 145 Å². The maximum Gasteiger partial charge on any atom is 0.343 e. The Balaban J connectivity index is 2.18. The van der Waals surface area contributed by atoms with Crippen LogP contribution in [0, 0.1) is 10.1 Å². The van der Waals surface area contributed by atoms with Crippen LogP contribution in [0.4, 0.5) is 5.69 Å². The zero-order valence-corrected chi connectivity index (χ0v) is 14.5. The fourth-order valence-electron chi connectivity index (χ4n) is 2.12. The molecule has 0 unspecified atom stereocenters. The highest BCUT2D eigenvalue weighted by molar-refractivity contribution is 6.32. The topological polar surface area (TPSA) is 69.4 Å². The summed E-state index contributed by atoms with van der Waals surface area (Å²) in [6, 6.07) is 11.1. The summed E-state index contributed by atoms with van der Waals surface area (Å²) in [5, 5.41) is 10.9. The van der Waals surface area contributed by atoms with E-state index >= 15 is 0 Å². The zero-order chi connectivity index (χ0) is 17.9. The fourth-order valence-corrected chi connectivity index (χ4v) is 2.31. The van der Waals surface area contributed by atoms with E-state index in [1.54, 1.807) is 12.1 Å². The first-order valence-electron chi connectivity index (χ1n) is 7.51. The standard InChI is InChI=1S/C18H18ClNO4/c1-4-18(2,3)13-6-8-14(9-7-13)24-17(21)12-5-10-15(19)16(11-12)20(22)23/h5-11H,4H2,1-3H3. The number of hydrogen-bond acceptors (Lipinski definition) is 4. The van der Waals surface area contributed by atoms with Crippen molar-refractivity contribution in [1.82, 2.24) is 0 Å². The van der Waals surface area contributed by atoms with E-state index in [-0.39, 0.29) is 21.7 Å². The molecule has 0 saturated heterocycles. The Bertz CT molecular complexity index is 769. The zero-order valence-electron chi connectivity index (χ0n) is 13.7. The Morgan fingerprint density at radius 3 is 2.38 bits per heavy atom. The minimum absolute atomic E-state index is 0.0253. The number of nitro groups is 1. The van der Waals surface area contributed by atoms with Crippen molar-refractivity contribution in [2.45, 2.75) is 32.6 Å². The van der Waals surface area contributed by atoms with Crippen molar-refractivity contribution in [3.63, 3.8) is 0 Å². The summed E-state index contributed by atoms with van der Waals surface area (Å²) in [6.07, 6.45) is 0.987. The minimum atomic E-state index is -0.669. The van der Waals surface area contributed by atoms with Crippen molar-refractivity contribution in [2.75, 3.05) is 0 Å². The third kappa shape index (κ3) is 3.92. The number of hydrogen-bond donors (Lipinski definition) is 0. The summed E-state index contributed by atoms with van der Waals surface area (Å²) < 4.78 is 5.27. The van der Waals surface area contributed by atoms with Gasteiger partial charge in [-0.25, -0.2) is 4.79 Å². The van der Waals surface area contributed by atoms with E-state index in [1.165, 1.54) is 12.1 Å². The van der Waals surface area contributed by atoms with E-state index in [0.717, 1.165) is 18.1 Å². The summed E-state index contributed by atoms with van der Waals surface area (Å²) >= 11 is 5.74. The molecule has 0 atom stereocenters. The number of carbonyl (C=O) groups excluding carboxylic acids is 1. The summed E-state index contributed by atoms with van der Waals surface area (Å²) in [5.41, 5.74) is 0.932. The van der Waals surface area contributed by atoms with Gasteiger partial charge in [-0.15, -0.1) is 0 Å². The van der Waals surface area contributed by atoms with Crippen molar-refractivity contribution in [1.29, 1.82) is 0 Å². The summed E-state index contributed by atoms with van der Waals surface area (Å²) in [4.78, 5) is 22.4. The molecule has 0 N–H and O–H groups in total. The van der Waals surface area contributed by atoms with E-state index in [2.05, 4.69) is 20.8 Å². The van der Waals surface area contributed by atoms with Crippen molar-refractivity contribution in [2.24, 2.45) is 0 Å². The van der Waals surface area contributed by atoms with Crippen LogP contribution in [0.5, 0.6) is 5.75 Å². The van der Waals surface area contributed by atoms with Gasteiger partial charge in [-0.05, 0) is 41.7 Å². The first kappa shape index (κ1) is 17.9. The molecule has 0 aliphatic heterocycles. The Hall–Kier alpha value is -2.40. The molecule has 0 heterocycles. The molecule has 5 nitrogen and oxygen atoms in total. The Morgan fingerprint density at radius 1 is 1.21 bits per heavy atom. The molecule has 0 bridgehead atoms. The Morgan fingerprint density at radius 2 is 1.83 bits per heavy atom. The van der Waals surface area contributed by atoms with Crippen molar-refractivity contribution in [3.05, 3.63) is 68.7 Å². The maximum atomic E-state index is 12.2. The average Bonchev–Trinajstić information content (AvgIpc) is 2.55. The van der Waals surface area contributed by atoms with Crippen LogP contribution < -0.4 is 4.74 Å². The number of benzene rings is 2. The van der Waals surface area contributed by atoms with E-state index in [4.69, 9.17) is 16.3 Å². The first-order chi connectivity index (χ1) is 11.2. The number of nitro benzene ring substituents is 1. The SMILES string of the molecule is CCC(C)(C)c1ccc(OC(=O)c2ccc(Cl)c([N+](=O)[O-])c2)cc1. The van der Waals surface area contributed by atoms with Crippen LogP contribution >= 0.6 is 11.6 Å².